The van der Waals surface area contributed by atoms with Gasteiger partial charge in [0.05, 0.1) is 11.8 Å². The number of carbonyl (C=O) groups excluding carboxylic acids is 1. The van der Waals surface area contributed by atoms with Crippen molar-refractivity contribution >= 4 is 15.6 Å². The minimum absolute atomic E-state index is 0.0400. The molecule has 0 aliphatic carbocycles. The molecule has 0 amide bonds. The molecule has 1 unspecified atom stereocenters. The summed E-state index contributed by atoms with van der Waals surface area (Å²) in [5.74, 6) is -1.77. The average Bonchev–Trinajstić information content (AvgIpc) is 2.65. The molecule has 1 aromatic heterocycles. The molecule has 156 valence electrons. The predicted molar refractivity (Wildman–Crippen MR) is 104 cm³/mol. The van der Waals surface area contributed by atoms with Gasteiger partial charge in [0.1, 0.15) is 21.5 Å². The summed E-state index contributed by atoms with van der Waals surface area (Å²) in [5, 5.41) is 10.2. The van der Waals surface area contributed by atoms with Crippen LogP contribution < -0.4 is 5.56 Å². The number of carbonyl (C=O) groups is 1. The topological polar surface area (TPSA) is 110 Å². The number of aromatic nitrogens is 2. The number of halogens is 1. The van der Waals surface area contributed by atoms with Crippen LogP contribution >= 0.6 is 0 Å². The lowest BCUT2D eigenvalue weighted by molar-refractivity contribution is 0.0972. The molecule has 3 rings (SSSR count). The third-order valence-electron chi connectivity index (χ3n) is 4.96. The minimum atomic E-state index is -3.38. The van der Waals surface area contributed by atoms with Crippen LogP contribution in [-0.4, -0.2) is 59.4 Å². The quantitative estimate of drug-likeness (QED) is 0.689. The fourth-order valence-corrected chi connectivity index (χ4v) is 4.33. The van der Waals surface area contributed by atoms with Crippen LogP contribution in [0.4, 0.5) is 4.39 Å². The number of benzene rings is 1. The summed E-state index contributed by atoms with van der Waals surface area (Å²) in [6.07, 6.45) is 1.33. The lowest BCUT2D eigenvalue weighted by Gasteiger charge is -2.34. The van der Waals surface area contributed by atoms with E-state index in [1.54, 1.807) is 24.1 Å². The second-order valence-corrected chi connectivity index (χ2v) is 9.45. The molecule has 0 spiro atoms. The van der Waals surface area contributed by atoms with Gasteiger partial charge in [-0.3, -0.25) is 19.1 Å². The first kappa shape index (κ1) is 21.1. The molecule has 1 N–H and O–H groups in total. The number of hydrogen-bond donors (Lipinski definition) is 1. The molecule has 10 heteroatoms. The summed E-state index contributed by atoms with van der Waals surface area (Å²) in [7, 11) is -1.66. The first-order valence-corrected chi connectivity index (χ1v) is 11.1. The Bertz CT molecular complexity index is 1100. The third-order valence-corrected chi connectivity index (χ3v) is 5.88. The highest BCUT2D eigenvalue weighted by atomic mass is 32.2. The van der Waals surface area contributed by atoms with E-state index in [1.807, 2.05) is 0 Å². The van der Waals surface area contributed by atoms with Crippen molar-refractivity contribution in [2.24, 2.45) is 0 Å². The van der Waals surface area contributed by atoms with Crippen LogP contribution in [0.3, 0.4) is 0 Å². The SMILES string of the molecule is CN1CCn2c(nc(C(=O)CCc3ccc(F)cc3)c(O)c2=O)C1CS(C)(=O)=O. The molecule has 0 fully saturated rings. The lowest BCUT2D eigenvalue weighted by Crippen LogP contribution is -2.44. The van der Waals surface area contributed by atoms with Gasteiger partial charge in [-0.05, 0) is 31.2 Å². The summed E-state index contributed by atoms with van der Waals surface area (Å²) in [6.45, 7) is 0.640. The Hall–Kier alpha value is -2.59. The van der Waals surface area contributed by atoms with Gasteiger partial charge in [0.15, 0.2) is 11.5 Å². The second kappa shape index (κ2) is 8.03. The number of nitrogens with zero attached hydrogens (tertiary/aromatic N) is 3. The van der Waals surface area contributed by atoms with Crippen molar-refractivity contribution in [3.63, 3.8) is 0 Å². The highest BCUT2D eigenvalue weighted by molar-refractivity contribution is 7.90. The van der Waals surface area contributed by atoms with Gasteiger partial charge < -0.3 is 5.11 Å². The molecule has 1 aliphatic rings. The third kappa shape index (κ3) is 4.70. The summed E-state index contributed by atoms with van der Waals surface area (Å²) in [4.78, 5) is 31.2. The molecule has 0 saturated carbocycles. The van der Waals surface area contributed by atoms with Crippen LogP contribution in [-0.2, 0) is 22.8 Å². The molecule has 1 aromatic carbocycles. The van der Waals surface area contributed by atoms with Gasteiger partial charge in [0.25, 0.3) is 5.56 Å². The van der Waals surface area contributed by atoms with Crippen molar-refractivity contribution in [1.82, 2.24) is 14.5 Å². The van der Waals surface area contributed by atoms with E-state index >= 15 is 0 Å². The van der Waals surface area contributed by atoms with Gasteiger partial charge in [0.2, 0.25) is 5.75 Å². The molecule has 8 nitrogen and oxygen atoms in total. The highest BCUT2D eigenvalue weighted by Crippen LogP contribution is 2.25. The van der Waals surface area contributed by atoms with Gasteiger partial charge in [-0.15, -0.1) is 0 Å². The van der Waals surface area contributed by atoms with Gasteiger partial charge >= 0.3 is 0 Å². The maximum absolute atomic E-state index is 13.0. The van der Waals surface area contributed by atoms with Crippen LogP contribution in [0.25, 0.3) is 0 Å². The van der Waals surface area contributed by atoms with E-state index < -0.39 is 33.0 Å². The van der Waals surface area contributed by atoms with Crippen LogP contribution in [0, 0.1) is 5.82 Å². The Labute approximate surface area is 167 Å². The van der Waals surface area contributed by atoms with Crippen molar-refractivity contribution < 1.29 is 22.7 Å². The first-order chi connectivity index (χ1) is 13.6. The number of hydrogen-bond acceptors (Lipinski definition) is 7. The van der Waals surface area contributed by atoms with Crippen LogP contribution in [0.15, 0.2) is 29.1 Å². The zero-order valence-corrected chi connectivity index (χ0v) is 16.9. The van der Waals surface area contributed by atoms with E-state index in [0.29, 0.717) is 6.54 Å². The van der Waals surface area contributed by atoms with Crippen molar-refractivity contribution in [3.05, 3.63) is 57.5 Å². The smallest absolute Gasteiger partial charge is 0.296 e. The van der Waals surface area contributed by atoms with Gasteiger partial charge in [-0.1, -0.05) is 12.1 Å². The molecular weight excluding hydrogens is 401 g/mol. The largest absolute Gasteiger partial charge is 0.501 e. The second-order valence-electron chi connectivity index (χ2n) is 7.26. The van der Waals surface area contributed by atoms with Crippen molar-refractivity contribution in [2.45, 2.75) is 25.4 Å². The maximum atomic E-state index is 13.0. The van der Waals surface area contributed by atoms with Crippen LogP contribution in [0.5, 0.6) is 5.75 Å². The minimum Gasteiger partial charge on any atom is -0.501 e. The molecule has 2 aromatic rings. The molecule has 0 saturated heterocycles. The summed E-state index contributed by atoms with van der Waals surface area (Å²) in [6, 6.07) is 4.97. The number of fused-ring (bicyclic) bond motifs is 1. The van der Waals surface area contributed by atoms with Crippen molar-refractivity contribution in [3.8, 4) is 5.75 Å². The lowest BCUT2D eigenvalue weighted by atomic mass is 10.1. The summed E-state index contributed by atoms with van der Waals surface area (Å²) < 4.78 is 37.9. The molecule has 1 atom stereocenters. The molecule has 0 bridgehead atoms. The van der Waals surface area contributed by atoms with Gasteiger partial charge in [-0.25, -0.2) is 17.8 Å². The first-order valence-electron chi connectivity index (χ1n) is 9.06. The van der Waals surface area contributed by atoms with Crippen LogP contribution in [0.2, 0.25) is 0 Å². The fraction of sp³-hybridized carbons (Fsp3) is 0.421. The Morgan fingerprint density at radius 3 is 2.55 bits per heavy atom. The zero-order valence-electron chi connectivity index (χ0n) is 16.1. The van der Waals surface area contributed by atoms with E-state index in [-0.39, 0.29) is 42.5 Å². The highest BCUT2D eigenvalue weighted by Gasteiger charge is 2.33. The van der Waals surface area contributed by atoms with E-state index in [9.17, 15) is 27.5 Å². The molecule has 0 radical (unpaired) electrons. The Kier molecular flexibility index (Phi) is 5.85. The number of likely N-dealkylation sites (N-methyl/N-ethyl adjacent to an activating group) is 1. The fourth-order valence-electron chi connectivity index (χ4n) is 3.35. The van der Waals surface area contributed by atoms with E-state index in [2.05, 4.69) is 4.98 Å². The number of rotatable bonds is 6. The molecule has 1 aliphatic heterocycles. The van der Waals surface area contributed by atoms with Crippen LogP contribution in [0.1, 0.15) is 34.3 Å². The van der Waals surface area contributed by atoms with Gasteiger partial charge in [-0.2, -0.15) is 0 Å². The molecule has 2 heterocycles. The number of aryl methyl sites for hydroxylation is 1. The summed E-state index contributed by atoms with van der Waals surface area (Å²) in [5.41, 5.74) is -0.396. The number of ketones is 1. The van der Waals surface area contributed by atoms with Crippen molar-refractivity contribution in [1.29, 1.82) is 0 Å². The van der Waals surface area contributed by atoms with Crippen molar-refractivity contribution in [2.75, 3.05) is 25.6 Å². The van der Waals surface area contributed by atoms with E-state index in [0.717, 1.165) is 11.8 Å². The van der Waals surface area contributed by atoms with E-state index in [4.69, 9.17) is 0 Å². The number of sulfone groups is 1. The zero-order chi connectivity index (χ0) is 21.3. The molecule has 29 heavy (non-hydrogen) atoms. The van der Waals surface area contributed by atoms with Gasteiger partial charge in [0, 0.05) is 25.8 Å². The Balaban J connectivity index is 1.93. The monoisotopic (exact) mass is 423 g/mol. The average molecular weight is 423 g/mol. The standard InChI is InChI=1S/C19H22FN3O5S/c1-22-9-10-23-18(14(22)11-29(2,27)28)21-16(17(25)19(23)26)15(24)8-5-12-3-6-13(20)7-4-12/h3-4,6-7,14,25H,5,8-11H2,1-2H3. The molecular formula is C19H22FN3O5S. The van der Waals surface area contributed by atoms with E-state index in [1.165, 1.54) is 16.7 Å². The predicted octanol–water partition coefficient (Wildman–Crippen LogP) is 0.935. The number of Topliss-reactive ketones (excluding diaryl/α,β-unsaturated/α-hetero) is 1. The Morgan fingerprint density at radius 1 is 1.28 bits per heavy atom. The maximum Gasteiger partial charge on any atom is 0.296 e. The number of aromatic hydroxyl groups is 1. The Morgan fingerprint density at radius 2 is 1.93 bits per heavy atom. The summed E-state index contributed by atoms with van der Waals surface area (Å²) >= 11 is 0. The normalized spacial score (nSPS) is 17.1.